The Morgan fingerprint density at radius 2 is 1.87 bits per heavy atom. The second kappa shape index (κ2) is 5.47. The molecule has 0 saturated heterocycles. The SMILES string of the molecule is Cc1cc(NC(C)c2ccc3c(c2)OCO3)nc2ccccc12. The number of hydrogen-bond donors (Lipinski definition) is 1. The lowest BCUT2D eigenvalue weighted by Crippen LogP contribution is -2.08. The molecular weight excluding hydrogens is 288 g/mol. The molecule has 1 aliphatic rings. The van der Waals surface area contributed by atoms with E-state index in [0.717, 1.165) is 28.4 Å². The quantitative estimate of drug-likeness (QED) is 0.776. The van der Waals surface area contributed by atoms with Gasteiger partial charge in [-0.2, -0.15) is 0 Å². The molecular formula is C19H18N2O2. The van der Waals surface area contributed by atoms with Gasteiger partial charge in [0.15, 0.2) is 11.5 Å². The van der Waals surface area contributed by atoms with Crippen LogP contribution in [-0.4, -0.2) is 11.8 Å². The van der Waals surface area contributed by atoms with E-state index < -0.39 is 0 Å². The summed E-state index contributed by atoms with van der Waals surface area (Å²) in [6, 6.07) is 16.4. The third-order valence-corrected chi connectivity index (χ3v) is 4.18. The highest BCUT2D eigenvalue weighted by Gasteiger charge is 2.16. The molecule has 0 bridgehead atoms. The number of fused-ring (bicyclic) bond motifs is 2. The van der Waals surface area contributed by atoms with Crippen LogP contribution in [-0.2, 0) is 0 Å². The topological polar surface area (TPSA) is 43.4 Å². The monoisotopic (exact) mass is 306 g/mol. The molecule has 0 aliphatic carbocycles. The van der Waals surface area contributed by atoms with Gasteiger partial charge in [-0.05, 0) is 49.2 Å². The first-order valence-electron chi connectivity index (χ1n) is 7.73. The van der Waals surface area contributed by atoms with Gasteiger partial charge in [-0.25, -0.2) is 4.98 Å². The van der Waals surface area contributed by atoms with Crippen molar-refractivity contribution in [1.29, 1.82) is 0 Å². The van der Waals surface area contributed by atoms with Crippen molar-refractivity contribution >= 4 is 16.7 Å². The first kappa shape index (κ1) is 13.9. The summed E-state index contributed by atoms with van der Waals surface area (Å²) in [7, 11) is 0. The molecule has 1 N–H and O–H groups in total. The van der Waals surface area contributed by atoms with E-state index in [2.05, 4.69) is 37.4 Å². The lowest BCUT2D eigenvalue weighted by Gasteiger charge is -2.16. The predicted molar refractivity (Wildman–Crippen MR) is 91.1 cm³/mol. The number of hydrogen-bond acceptors (Lipinski definition) is 4. The predicted octanol–water partition coefficient (Wildman–Crippen LogP) is 4.45. The van der Waals surface area contributed by atoms with Gasteiger partial charge in [0.25, 0.3) is 0 Å². The van der Waals surface area contributed by atoms with Crippen molar-refractivity contribution < 1.29 is 9.47 Å². The van der Waals surface area contributed by atoms with Crippen LogP contribution in [0.4, 0.5) is 5.82 Å². The number of aromatic nitrogens is 1. The molecule has 4 nitrogen and oxygen atoms in total. The number of benzene rings is 2. The van der Waals surface area contributed by atoms with E-state index in [1.54, 1.807) is 0 Å². The molecule has 1 aliphatic heterocycles. The minimum absolute atomic E-state index is 0.123. The first-order valence-corrected chi connectivity index (χ1v) is 7.73. The number of nitrogens with zero attached hydrogens (tertiary/aromatic N) is 1. The Kier molecular flexibility index (Phi) is 3.30. The van der Waals surface area contributed by atoms with E-state index in [-0.39, 0.29) is 6.04 Å². The molecule has 0 radical (unpaired) electrons. The maximum absolute atomic E-state index is 5.45. The normalized spacial score (nSPS) is 14.0. The number of pyridine rings is 1. The summed E-state index contributed by atoms with van der Waals surface area (Å²) >= 11 is 0. The molecule has 0 fully saturated rings. The smallest absolute Gasteiger partial charge is 0.231 e. The minimum Gasteiger partial charge on any atom is -0.454 e. The summed E-state index contributed by atoms with van der Waals surface area (Å²) < 4.78 is 10.8. The zero-order valence-corrected chi connectivity index (χ0v) is 13.2. The third kappa shape index (κ3) is 2.57. The van der Waals surface area contributed by atoms with Crippen molar-refractivity contribution in [3.63, 3.8) is 0 Å². The van der Waals surface area contributed by atoms with Gasteiger partial charge in [0.1, 0.15) is 5.82 Å². The second-order valence-electron chi connectivity index (χ2n) is 5.82. The molecule has 3 aromatic rings. The zero-order valence-electron chi connectivity index (χ0n) is 13.2. The van der Waals surface area contributed by atoms with Crippen molar-refractivity contribution in [2.45, 2.75) is 19.9 Å². The van der Waals surface area contributed by atoms with Gasteiger partial charge in [0, 0.05) is 5.39 Å². The van der Waals surface area contributed by atoms with Crippen molar-refractivity contribution in [2.75, 3.05) is 12.1 Å². The van der Waals surface area contributed by atoms with Crippen LogP contribution in [0.2, 0.25) is 0 Å². The second-order valence-corrected chi connectivity index (χ2v) is 5.82. The number of rotatable bonds is 3. The summed E-state index contributed by atoms with van der Waals surface area (Å²) in [5.74, 6) is 2.49. The fourth-order valence-corrected chi connectivity index (χ4v) is 2.91. The van der Waals surface area contributed by atoms with Crippen LogP contribution in [0, 0.1) is 6.92 Å². The summed E-state index contributed by atoms with van der Waals surface area (Å²) in [5.41, 5.74) is 3.37. The molecule has 2 heterocycles. The molecule has 116 valence electrons. The maximum Gasteiger partial charge on any atom is 0.231 e. The first-order chi connectivity index (χ1) is 11.2. The van der Waals surface area contributed by atoms with Crippen LogP contribution < -0.4 is 14.8 Å². The van der Waals surface area contributed by atoms with Crippen molar-refractivity contribution in [3.05, 3.63) is 59.7 Å². The minimum atomic E-state index is 0.123. The Morgan fingerprint density at radius 3 is 2.78 bits per heavy atom. The fraction of sp³-hybridized carbons (Fsp3) is 0.211. The van der Waals surface area contributed by atoms with E-state index in [9.17, 15) is 0 Å². The van der Waals surface area contributed by atoms with Gasteiger partial charge in [-0.15, -0.1) is 0 Å². The average molecular weight is 306 g/mol. The highest BCUT2D eigenvalue weighted by molar-refractivity contribution is 5.83. The number of nitrogens with one attached hydrogen (secondary N) is 1. The van der Waals surface area contributed by atoms with Crippen LogP contribution in [0.1, 0.15) is 24.1 Å². The van der Waals surface area contributed by atoms with E-state index in [0.29, 0.717) is 6.79 Å². The van der Waals surface area contributed by atoms with Crippen molar-refractivity contribution in [1.82, 2.24) is 4.98 Å². The summed E-state index contributed by atoms with van der Waals surface area (Å²) in [5, 5.41) is 4.66. The molecule has 1 unspecified atom stereocenters. The summed E-state index contributed by atoms with van der Waals surface area (Å²) in [4.78, 5) is 4.71. The fourth-order valence-electron chi connectivity index (χ4n) is 2.91. The van der Waals surface area contributed by atoms with Gasteiger partial charge in [0.2, 0.25) is 6.79 Å². The lowest BCUT2D eigenvalue weighted by atomic mass is 10.1. The van der Waals surface area contributed by atoms with Crippen LogP contribution in [0.25, 0.3) is 10.9 Å². The average Bonchev–Trinajstić information content (AvgIpc) is 3.02. The Bertz CT molecular complexity index is 876. The van der Waals surface area contributed by atoms with Gasteiger partial charge in [-0.3, -0.25) is 0 Å². The molecule has 4 heteroatoms. The molecule has 2 aromatic carbocycles. The van der Waals surface area contributed by atoms with Gasteiger partial charge < -0.3 is 14.8 Å². The van der Waals surface area contributed by atoms with Crippen LogP contribution in [0.15, 0.2) is 48.5 Å². The van der Waals surface area contributed by atoms with E-state index in [4.69, 9.17) is 14.5 Å². The molecule has 4 rings (SSSR count). The standard InChI is InChI=1S/C19H18N2O2/c1-12-9-19(21-16-6-4-3-5-15(12)16)20-13(2)14-7-8-17-18(10-14)23-11-22-17/h3-10,13H,11H2,1-2H3,(H,20,21). The summed E-state index contributed by atoms with van der Waals surface area (Å²) in [6.07, 6.45) is 0. The van der Waals surface area contributed by atoms with E-state index in [1.165, 1.54) is 10.9 Å². The third-order valence-electron chi connectivity index (χ3n) is 4.18. The molecule has 0 spiro atoms. The molecule has 0 amide bonds. The van der Waals surface area contributed by atoms with E-state index in [1.807, 2.05) is 30.3 Å². The van der Waals surface area contributed by atoms with Gasteiger partial charge in [-0.1, -0.05) is 24.3 Å². The van der Waals surface area contributed by atoms with E-state index >= 15 is 0 Å². The van der Waals surface area contributed by atoms with Crippen molar-refractivity contribution in [2.24, 2.45) is 0 Å². The van der Waals surface area contributed by atoms with Crippen molar-refractivity contribution in [3.8, 4) is 11.5 Å². The molecule has 0 saturated carbocycles. The van der Waals surface area contributed by atoms with Crippen LogP contribution in [0.5, 0.6) is 11.5 Å². The van der Waals surface area contributed by atoms with Gasteiger partial charge >= 0.3 is 0 Å². The molecule has 23 heavy (non-hydrogen) atoms. The zero-order chi connectivity index (χ0) is 15.8. The summed E-state index contributed by atoms with van der Waals surface area (Å²) in [6.45, 7) is 4.52. The number of para-hydroxylation sites is 1. The van der Waals surface area contributed by atoms with Crippen LogP contribution >= 0.6 is 0 Å². The van der Waals surface area contributed by atoms with Gasteiger partial charge in [0.05, 0.1) is 11.6 Å². The number of ether oxygens (including phenoxy) is 2. The number of anilines is 1. The highest BCUT2D eigenvalue weighted by Crippen LogP contribution is 2.34. The lowest BCUT2D eigenvalue weighted by molar-refractivity contribution is 0.174. The Morgan fingerprint density at radius 1 is 1.04 bits per heavy atom. The molecule has 1 atom stereocenters. The largest absolute Gasteiger partial charge is 0.454 e. The maximum atomic E-state index is 5.45. The highest BCUT2D eigenvalue weighted by atomic mass is 16.7. The Labute approximate surface area is 135 Å². The number of aryl methyl sites for hydroxylation is 1. The Hall–Kier alpha value is -2.75. The Balaban J connectivity index is 1.62. The molecule has 1 aromatic heterocycles. The van der Waals surface area contributed by atoms with Crippen LogP contribution in [0.3, 0.4) is 0 Å².